The van der Waals surface area contributed by atoms with Gasteiger partial charge in [0.2, 0.25) is 0 Å². The molecule has 0 bridgehead atoms. The lowest BCUT2D eigenvalue weighted by atomic mass is 10.0. The molecule has 3 heteroatoms. The van der Waals surface area contributed by atoms with E-state index in [2.05, 4.69) is 77.8 Å². The van der Waals surface area contributed by atoms with Crippen molar-refractivity contribution in [1.82, 2.24) is 4.98 Å². The van der Waals surface area contributed by atoms with Gasteiger partial charge in [-0.05, 0) is 18.2 Å². The summed E-state index contributed by atoms with van der Waals surface area (Å²) in [5.41, 5.74) is 2.50. The van der Waals surface area contributed by atoms with Gasteiger partial charge in [0.15, 0.2) is 0 Å². The van der Waals surface area contributed by atoms with Gasteiger partial charge in [-0.2, -0.15) is 0 Å². The molecule has 3 aromatic heterocycles. The average molecular weight is 380 g/mol. The number of hydrogen-bond donors (Lipinski definition) is 1. The monoisotopic (exact) mass is 379 g/mol. The van der Waals surface area contributed by atoms with Crippen LogP contribution in [0.25, 0.3) is 62.2 Å². The van der Waals surface area contributed by atoms with Gasteiger partial charge in [-0.15, -0.1) is 22.7 Å². The van der Waals surface area contributed by atoms with E-state index in [-0.39, 0.29) is 0 Å². The molecule has 1 N–H and O–H groups in total. The Morgan fingerprint density at radius 1 is 0.519 bits per heavy atom. The van der Waals surface area contributed by atoms with Crippen LogP contribution in [0.1, 0.15) is 0 Å². The summed E-state index contributed by atoms with van der Waals surface area (Å²) < 4.78 is 5.53. The van der Waals surface area contributed by atoms with E-state index in [0.717, 1.165) is 0 Å². The quantitative estimate of drug-likeness (QED) is 0.274. The van der Waals surface area contributed by atoms with Gasteiger partial charge in [-0.1, -0.05) is 54.6 Å². The number of para-hydroxylation sites is 1. The fourth-order valence-corrected chi connectivity index (χ4v) is 7.10. The van der Waals surface area contributed by atoms with Crippen LogP contribution >= 0.6 is 22.7 Å². The zero-order chi connectivity index (χ0) is 17.5. The van der Waals surface area contributed by atoms with Crippen molar-refractivity contribution < 1.29 is 0 Å². The number of rotatable bonds is 0. The molecule has 4 aromatic carbocycles. The van der Waals surface area contributed by atoms with Crippen LogP contribution in [0.15, 0.2) is 72.8 Å². The fourth-order valence-electron chi connectivity index (χ4n) is 4.48. The molecule has 0 fully saturated rings. The van der Waals surface area contributed by atoms with Gasteiger partial charge in [-0.25, -0.2) is 0 Å². The third kappa shape index (κ3) is 1.69. The second-order valence-corrected chi connectivity index (χ2v) is 9.13. The molecule has 0 atom stereocenters. The Bertz CT molecular complexity index is 1450. The van der Waals surface area contributed by atoms with Crippen LogP contribution in [-0.4, -0.2) is 4.98 Å². The topological polar surface area (TPSA) is 15.8 Å². The van der Waals surface area contributed by atoms with Gasteiger partial charge in [0.25, 0.3) is 0 Å². The lowest BCUT2D eigenvalue weighted by molar-refractivity contribution is 1.57. The van der Waals surface area contributed by atoms with Crippen LogP contribution in [-0.2, 0) is 0 Å². The highest BCUT2D eigenvalue weighted by atomic mass is 32.1. The summed E-state index contributed by atoms with van der Waals surface area (Å²) in [7, 11) is 0. The molecule has 0 amide bonds. The maximum Gasteiger partial charge on any atom is 0.0574 e. The normalized spacial score (nSPS) is 12.4. The van der Waals surface area contributed by atoms with E-state index in [9.17, 15) is 0 Å². The van der Waals surface area contributed by atoms with Crippen molar-refractivity contribution >= 4 is 84.8 Å². The van der Waals surface area contributed by atoms with Crippen molar-refractivity contribution in [3.05, 3.63) is 72.8 Å². The molecule has 0 aliphatic carbocycles. The van der Waals surface area contributed by atoms with E-state index in [1.807, 2.05) is 22.7 Å². The number of nitrogens with one attached hydrogen (secondary N) is 1. The van der Waals surface area contributed by atoms with Crippen LogP contribution < -0.4 is 0 Å². The second-order valence-electron chi connectivity index (χ2n) is 7.03. The molecule has 3 heterocycles. The SMILES string of the molecule is c1ccc2c(c1)[nH]c1c2c2sc3ccccc3c2c2sc3ccccc3c12. The van der Waals surface area contributed by atoms with Gasteiger partial charge >= 0.3 is 0 Å². The zero-order valence-electron chi connectivity index (χ0n) is 14.2. The van der Waals surface area contributed by atoms with Crippen molar-refractivity contribution in [2.75, 3.05) is 0 Å². The van der Waals surface area contributed by atoms with E-state index in [1.54, 1.807) is 0 Å². The lowest BCUT2D eigenvalue weighted by Crippen LogP contribution is -1.74. The maximum atomic E-state index is 3.75. The summed E-state index contributed by atoms with van der Waals surface area (Å²) in [5.74, 6) is 0. The summed E-state index contributed by atoms with van der Waals surface area (Å²) in [5, 5.41) is 8.22. The average Bonchev–Trinajstić information content (AvgIpc) is 3.38. The Labute approximate surface area is 162 Å². The van der Waals surface area contributed by atoms with Crippen molar-refractivity contribution in [1.29, 1.82) is 0 Å². The summed E-state index contributed by atoms with van der Waals surface area (Å²) in [4.78, 5) is 3.75. The first-order chi connectivity index (χ1) is 13.4. The molecule has 27 heavy (non-hydrogen) atoms. The van der Waals surface area contributed by atoms with Crippen LogP contribution in [0.4, 0.5) is 0 Å². The molecule has 0 saturated heterocycles. The van der Waals surface area contributed by atoms with Crippen molar-refractivity contribution in [3.63, 3.8) is 0 Å². The number of thiophene rings is 2. The first-order valence-electron chi connectivity index (χ1n) is 9.05. The van der Waals surface area contributed by atoms with Crippen LogP contribution in [0.3, 0.4) is 0 Å². The fraction of sp³-hybridized carbons (Fsp3) is 0. The lowest BCUT2D eigenvalue weighted by Gasteiger charge is -2.00. The Morgan fingerprint density at radius 2 is 1.04 bits per heavy atom. The van der Waals surface area contributed by atoms with Crippen LogP contribution in [0, 0.1) is 0 Å². The van der Waals surface area contributed by atoms with Gasteiger partial charge in [-0.3, -0.25) is 0 Å². The predicted molar refractivity (Wildman–Crippen MR) is 122 cm³/mol. The van der Waals surface area contributed by atoms with Crippen molar-refractivity contribution in [3.8, 4) is 0 Å². The third-order valence-electron chi connectivity index (χ3n) is 5.60. The smallest absolute Gasteiger partial charge is 0.0574 e. The highest BCUT2D eigenvalue weighted by Gasteiger charge is 2.20. The Kier molecular flexibility index (Phi) is 2.57. The number of aromatic amines is 1. The van der Waals surface area contributed by atoms with Crippen molar-refractivity contribution in [2.45, 2.75) is 0 Å². The summed E-state index contributed by atoms with van der Waals surface area (Å²) in [6, 6.07) is 26.3. The summed E-state index contributed by atoms with van der Waals surface area (Å²) in [6.07, 6.45) is 0. The van der Waals surface area contributed by atoms with E-state index < -0.39 is 0 Å². The Balaban J connectivity index is 1.95. The van der Waals surface area contributed by atoms with Gasteiger partial charge in [0.1, 0.15) is 0 Å². The molecule has 0 aliphatic rings. The zero-order valence-corrected chi connectivity index (χ0v) is 15.9. The second kappa shape index (κ2) is 4.89. The third-order valence-corrected chi connectivity index (χ3v) is 7.98. The molecule has 7 rings (SSSR count). The molecule has 0 radical (unpaired) electrons. The van der Waals surface area contributed by atoms with E-state index in [1.165, 1.54) is 62.2 Å². The molecular weight excluding hydrogens is 366 g/mol. The van der Waals surface area contributed by atoms with E-state index in [4.69, 9.17) is 0 Å². The summed E-state index contributed by atoms with van der Waals surface area (Å²) >= 11 is 3.84. The van der Waals surface area contributed by atoms with E-state index >= 15 is 0 Å². The number of aromatic nitrogens is 1. The standard InChI is InChI=1S/C24H13NS2/c1-4-10-16-13(7-1)19-22(25-16)20-14-8-2-5-11-17(14)26-24(20)21-15-9-3-6-12-18(15)27-23(19)21/h1-12,25H. The molecule has 1 nitrogen and oxygen atoms in total. The number of benzene rings is 4. The molecule has 126 valence electrons. The molecule has 7 aromatic rings. The minimum Gasteiger partial charge on any atom is -0.354 e. The van der Waals surface area contributed by atoms with E-state index in [0.29, 0.717) is 0 Å². The van der Waals surface area contributed by atoms with Gasteiger partial charge in [0.05, 0.1) is 5.52 Å². The number of H-pyrrole nitrogens is 1. The first-order valence-corrected chi connectivity index (χ1v) is 10.7. The molecule has 0 saturated carbocycles. The number of fused-ring (bicyclic) bond motifs is 12. The highest BCUT2D eigenvalue weighted by Crippen LogP contribution is 2.50. The van der Waals surface area contributed by atoms with Crippen LogP contribution in [0.2, 0.25) is 0 Å². The van der Waals surface area contributed by atoms with Crippen LogP contribution in [0.5, 0.6) is 0 Å². The minimum absolute atomic E-state index is 1.22. The summed E-state index contributed by atoms with van der Waals surface area (Å²) in [6.45, 7) is 0. The van der Waals surface area contributed by atoms with Crippen molar-refractivity contribution in [2.24, 2.45) is 0 Å². The largest absolute Gasteiger partial charge is 0.354 e. The molecule has 0 spiro atoms. The Morgan fingerprint density at radius 3 is 1.74 bits per heavy atom. The first kappa shape index (κ1) is 14.2. The Hall–Kier alpha value is -2.88. The highest BCUT2D eigenvalue weighted by molar-refractivity contribution is 7.30. The predicted octanol–water partition coefficient (Wildman–Crippen LogP) is 8.06. The van der Waals surface area contributed by atoms with Gasteiger partial charge in [0, 0.05) is 56.6 Å². The molecule has 0 unspecified atom stereocenters. The van der Waals surface area contributed by atoms with Gasteiger partial charge < -0.3 is 4.98 Å². The minimum atomic E-state index is 1.22. The molecular formula is C24H13NS2. The maximum absolute atomic E-state index is 3.75. The molecule has 0 aliphatic heterocycles. The number of hydrogen-bond acceptors (Lipinski definition) is 2.